The van der Waals surface area contributed by atoms with Crippen LogP contribution in [0.4, 0.5) is 0 Å². The van der Waals surface area contributed by atoms with Crippen molar-refractivity contribution in [3.63, 3.8) is 0 Å². The van der Waals surface area contributed by atoms with Gasteiger partial charge in [0.1, 0.15) is 0 Å². The molecule has 0 aromatic carbocycles. The van der Waals surface area contributed by atoms with E-state index in [1.807, 2.05) is 0 Å². The molecule has 2 saturated heterocycles. The summed E-state index contributed by atoms with van der Waals surface area (Å²) in [7, 11) is 0. The average molecular weight is 268 g/mol. The molecule has 19 heavy (non-hydrogen) atoms. The lowest BCUT2D eigenvalue weighted by atomic mass is 10.3. The summed E-state index contributed by atoms with van der Waals surface area (Å²) in [6.07, 6.45) is 2.97. The van der Waals surface area contributed by atoms with E-state index < -0.39 is 0 Å². The molecule has 0 saturated carbocycles. The number of rotatable bonds is 5. The van der Waals surface area contributed by atoms with E-state index in [1.54, 1.807) is 4.90 Å². The fraction of sp³-hybridized carbons (Fsp3) is 0.846. The summed E-state index contributed by atoms with van der Waals surface area (Å²) in [5, 5.41) is 5.93. The molecule has 2 aliphatic heterocycles. The van der Waals surface area contributed by atoms with Crippen LogP contribution in [0.25, 0.3) is 0 Å². The van der Waals surface area contributed by atoms with Crippen LogP contribution >= 0.6 is 0 Å². The highest BCUT2D eigenvalue weighted by molar-refractivity contribution is 5.84. The van der Waals surface area contributed by atoms with E-state index in [-0.39, 0.29) is 18.4 Å². The van der Waals surface area contributed by atoms with Crippen LogP contribution in [0.1, 0.15) is 19.3 Å². The lowest BCUT2D eigenvalue weighted by Crippen LogP contribution is -2.49. The molecule has 2 N–H and O–H groups in total. The molecule has 6 nitrogen and oxygen atoms in total. The Morgan fingerprint density at radius 2 is 1.74 bits per heavy atom. The number of carbonyl (C=O) groups excluding carboxylic acids is 2. The fourth-order valence-corrected chi connectivity index (χ4v) is 2.55. The van der Waals surface area contributed by atoms with Gasteiger partial charge in [0.2, 0.25) is 11.8 Å². The van der Waals surface area contributed by atoms with Crippen molar-refractivity contribution in [1.29, 1.82) is 0 Å². The van der Waals surface area contributed by atoms with E-state index in [4.69, 9.17) is 0 Å². The summed E-state index contributed by atoms with van der Waals surface area (Å²) in [4.78, 5) is 27.6. The van der Waals surface area contributed by atoms with Gasteiger partial charge >= 0.3 is 0 Å². The highest BCUT2D eigenvalue weighted by Gasteiger charge is 2.17. The Morgan fingerprint density at radius 3 is 2.42 bits per heavy atom. The zero-order valence-corrected chi connectivity index (χ0v) is 11.5. The van der Waals surface area contributed by atoms with Gasteiger partial charge in [0.15, 0.2) is 0 Å². The van der Waals surface area contributed by atoms with E-state index in [0.717, 1.165) is 45.8 Å². The molecule has 2 amide bonds. The van der Waals surface area contributed by atoms with Crippen LogP contribution in [-0.2, 0) is 9.59 Å². The van der Waals surface area contributed by atoms with Crippen molar-refractivity contribution >= 4 is 11.8 Å². The molecule has 0 radical (unpaired) electrons. The van der Waals surface area contributed by atoms with Crippen molar-refractivity contribution in [3.8, 4) is 0 Å². The van der Waals surface area contributed by atoms with Crippen LogP contribution in [0.15, 0.2) is 0 Å². The second-order valence-corrected chi connectivity index (χ2v) is 5.21. The number of piperazine rings is 1. The molecular formula is C13H24N4O2. The van der Waals surface area contributed by atoms with Gasteiger partial charge in [-0.15, -0.1) is 0 Å². The van der Waals surface area contributed by atoms with Gasteiger partial charge in [-0.25, -0.2) is 0 Å². The zero-order chi connectivity index (χ0) is 13.5. The predicted octanol–water partition coefficient (Wildman–Crippen LogP) is -0.980. The van der Waals surface area contributed by atoms with Crippen LogP contribution in [-0.4, -0.2) is 74.0 Å². The van der Waals surface area contributed by atoms with Crippen molar-refractivity contribution in [2.24, 2.45) is 0 Å². The topological polar surface area (TPSA) is 64.7 Å². The van der Waals surface area contributed by atoms with E-state index >= 15 is 0 Å². The number of hydrogen-bond acceptors (Lipinski definition) is 4. The van der Waals surface area contributed by atoms with Crippen LogP contribution < -0.4 is 10.6 Å². The van der Waals surface area contributed by atoms with E-state index in [9.17, 15) is 9.59 Å². The third-order valence-electron chi connectivity index (χ3n) is 3.76. The molecule has 0 unspecified atom stereocenters. The van der Waals surface area contributed by atoms with E-state index in [2.05, 4.69) is 15.5 Å². The lowest BCUT2D eigenvalue weighted by molar-refractivity contribution is -0.133. The zero-order valence-electron chi connectivity index (χ0n) is 11.5. The minimum Gasteiger partial charge on any atom is -0.347 e. The van der Waals surface area contributed by atoms with Gasteiger partial charge in [0, 0.05) is 39.1 Å². The van der Waals surface area contributed by atoms with E-state index in [1.165, 1.54) is 12.8 Å². The monoisotopic (exact) mass is 268 g/mol. The Bertz CT molecular complexity index is 310. The Labute approximate surface area is 114 Å². The number of nitrogens with one attached hydrogen (secondary N) is 2. The summed E-state index contributed by atoms with van der Waals surface area (Å²) in [6.45, 7) is 6.32. The Balaban J connectivity index is 1.58. The SMILES string of the molecule is O=C(CCN1CCCC1)NCC(=O)N1CCNCC1. The number of carbonyl (C=O) groups is 2. The molecule has 2 aliphatic rings. The first-order valence-electron chi connectivity index (χ1n) is 7.23. The van der Waals surface area contributed by atoms with Crippen LogP contribution in [0.5, 0.6) is 0 Å². The standard InChI is InChI=1S/C13H24N4O2/c18-12(3-8-16-6-1-2-7-16)15-11-13(19)17-9-4-14-5-10-17/h14H,1-11H2,(H,15,18). The molecule has 0 aromatic rings. The van der Waals surface area contributed by atoms with Gasteiger partial charge in [0.25, 0.3) is 0 Å². The minimum absolute atomic E-state index is 0.0182. The predicted molar refractivity (Wildman–Crippen MR) is 72.8 cm³/mol. The molecule has 108 valence electrons. The van der Waals surface area contributed by atoms with Crippen LogP contribution in [0.2, 0.25) is 0 Å². The maximum absolute atomic E-state index is 11.8. The molecule has 0 atom stereocenters. The summed E-state index contributed by atoms with van der Waals surface area (Å²) >= 11 is 0. The average Bonchev–Trinajstić information content (AvgIpc) is 2.96. The molecule has 0 bridgehead atoms. The van der Waals surface area contributed by atoms with Gasteiger partial charge in [-0.2, -0.15) is 0 Å². The molecule has 2 rings (SSSR count). The Hall–Kier alpha value is -1.14. The molecule has 6 heteroatoms. The first kappa shape index (κ1) is 14.3. The molecule has 0 aromatic heterocycles. The third kappa shape index (κ3) is 4.80. The highest BCUT2D eigenvalue weighted by atomic mass is 16.2. The van der Waals surface area contributed by atoms with Crippen molar-refractivity contribution in [2.45, 2.75) is 19.3 Å². The Kier molecular flexibility index (Phi) is 5.60. The molecular weight excluding hydrogens is 244 g/mol. The highest BCUT2D eigenvalue weighted by Crippen LogP contribution is 2.07. The normalized spacial score (nSPS) is 20.5. The summed E-state index contributed by atoms with van der Waals surface area (Å²) < 4.78 is 0. The first-order valence-corrected chi connectivity index (χ1v) is 7.23. The third-order valence-corrected chi connectivity index (χ3v) is 3.76. The van der Waals surface area contributed by atoms with Crippen LogP contribution in [0, 0.1) is 0 Å². The first-order chi connectivity index (χ1) is 9.25. The van der Waals surface area contributed by atoms with Gasteiger partial charge in [-0.05, 0) is 25.9 Å². The number of nitrogens with zero attached hydrogens (tertiary/aromatic N) is 2. The minimum atomic E-state index is -0.0182. The lowest BCUT2D eigenvalue weighted by Gasteiger charge is -2.27. The molecule has 0 spiro atoms. The van der Waals surface area contributed by atoms with Gasteiger partial charge in [-0.3, -0.25) is 9.59 Å². The number of hydrogen-bond donors (Lipinski definition) is 2. The smallest absolute Gasteiger partial charge is 0.242 e. The second-order valence-electron chi connectivity index (χ2n) is 5.21. The number of likely N-dealkylation sites (tertiary alicyclic amines) is 1. The summed E-state index contributed by atoms with van der Waals surface area (Å²) in [5.41, 5.74) is 0. The maximum atomic E-state index is 11.8. The molecule has 2 heterocycles. The fourth-order valence-electron chi connectivity index (χ4n) is 2.55. The largest absolute Gasteiger partial charge is 0.347 e. The second kappa shape index (κ2) is 7.45. The Morgan fingerprint density at radius 1 is 1.05 bits per heavy atom. The quantitative estimate of drug-likeness (QED) is 0.673. The maximum Gasteiger partial charge on any atom is 0.242 e. The molecule has 2 fully saturated rings. The summed E-state index contributed by atoms with van der Waals surface area (Å²) in [6, 6.07) is 0. The van der Waals surface area contributed by atoms with Gasteiger partial charge in [-0.1, -0.05) is 0 Å². The van der Waals surface area contributed by atoms with Gasteiger partial charge < -0.3 is 20.4 Å². The van der Waals surface area contributed by atoms with E-state index in [0.29, 0.717) is 6.42 Å². The molecule has 0 aliphatic carbocycles. The summed E-state index contributed by atoms with van der Waals surface area (Å²) in [5.74, 6) is 0.00593. The van der Waals surface area contributed by atoms with Crippen molar-refractivity contribution < 1.29 is 9.59 Å². The van der Waals surface area contributed by atoms with Gasteiger partial charge in [0.05, 0.1) is 6.54 Å². The van der Waals surface area contributed by atoms with Crippen LogP contribution in [0.3, 0.4) is 0 Å². The van der Waals surface area contributed by atoms with Crippen molar-refractivity contribution in [1.82, 2.24) is 20.4 Å². The van der Waals surface area contributed by atoms with Crippen molar-refractivity contribution in [2.75, 3.05) is 52.4 Å². The number of amides is 2. The van der Waals surface area contributed by atoms with Crippen molar-refractivity contribution in [3.05, 3.63) is 0 Å².